The van der Waals surface area contributed by atoms with Crippen molar-refractivity contribution in [2.24, 2.45) is 5.11 Å². The maximum Gasteiger partial charge on any atom is 0.312 e. The molecule has 0 heterocycles. The Morgan fingerprint density at radius 3 is 2.48 bits per heavy atom. The molecule has 1 aromatic carbocycles. The van der Waals surface area contributed by atoms with Gasteiger partial charge in [-0.1, -0.05) is 11.0 Å². The third kappa shape index (κ3) is 3.99. The molecule has 122 valence electrons. The number of carboxylic acid groups (broad SMARTS) is 1. The molecule has 0 saturated carbocycles. The first-order chi connectivity index (χ1) is 11.0. The molecule has 1 N–H and O–H groups in total. The lowest BCUT2D eigenvalue weighted by atomic mass is 9.98. The third-order valence-corrected chi connectivity index (χ3v) is 3.22. The van der Waals surface area contributed by atoms with Crippen molar-refractivity contribution in [3.05, 3.63) is 27.6 Å². The van der Waals surface area contributed by atoms with Gasteiger partial charge in [-0.3, -0.25) is 4.79 Å². The van der Waals surface area contributed by atoms with E-state index in [2.05, 4.69) is 15.9 Å². The van der Waals surface area contributed by atoms with E-state index in [0.717, 1.165) is 0 Å². The van der Waals surface area contributed by atoms with Gasteiger partial charge in [-0.05, 0) is 30.0 Å². The van der Waals surface area contributed by atoms with Crippen molar-refractivity contribution in [2.45, 2.75) is 18.9 Å². The molecule has 0 bridgehead atoms. The fourth-order valence-corrected chi connectivity index (χ4v) is 2.15. The molecule has 23 heavy (non-hydrogen) atoms. The number of rotatable bonds is 8. The van der Waals surface area contributed by atoms with Crippen molar-refractivity contribution < 1.29 is 24.1 Å². The van der Waals surface area contributed by atoms with Gasteiger partial charge in [0.05, 0.1) is 26.9 Å². The third-order valence-electron chi connectivity index (χ3n) is 3.22. The van der Waals surface area contributed by atoms with Crippen LogP contribution in [0.15, 0.2) is 11.2 Å². The van der Waals surface area contributed by atoms with E-state index >= 15 is 0 Å². The summed E-state index contributed by atoms with van der Waals surface area (Å²) in [6, 6.07) is 0.482. The number of methoxy groups -OCH3 is 3. The average Bonchev–Trinajstić information content (AvgIpc) is 2.56. The van der Waals surface area contributed by atoms with E-state index in [1.54, 1.807) is 6.07 Å². The predicted octanol–water partition coefficient (Wildman–Crippen LogP) is 2.39. The number of aryl methyl sites for hydroxylation is 1. The van der Waals surface area contributed by atoms with Gasteiger partial charge in [0.1, 0.15) is 6.04 Å². The molecular formula is C15H17N3O5. The zero-order chi connectivity index (χ0) is 17.4. The average molecular weight is 319 g/mol. The Kier molecular flexibility index (Phi) is 6.59. The van der Waals surface area contributed by atoms with Crippen LogP contribution in [0.3, 0.4) is 0 Å². The van der Waals surface area contributed by atoms with Crippen molar-refractivity contribution in [1.29, 1.82) is 0 Å². The molecular weight excluding hydrogens is 302 g/mol. The summed E-state index contributed by atoms with van der Waals surface area (Å²) in [5.41, 5.74) is 9.50. The van der Waals surface area contributed by atoms with E-state index in [9.17, 15) is 4.79 Å². The number of aliphatic carboxylic acids is 1. The van der Waals surface area contributed by atoms with Crippen LogP contribution >= 0.6 is 0 Å². The Bertz CT molecular complexity index is 673. The van der Waals surface area contributed by atoms with E-state index < -0.39 is 12.0 Å². The van der Waals surface area contributed by atoms with Crippen LogP contribution in [0.1, 0.15) is 17.5 Å². The van der Waals surface area contributed by atoms with Crippen LogP contribution in [0, 0.1) is 12.3 Å². The molecule has 0 aromatic heterocycles. The second-order valence-corrected chi connectivity index (χ2v) is 4.42. The summed E-state index contributed by atoms with van der Waals surface area (Å²) in [7, 11) is 4.38. The molecule has 0 fully saturated rings. The first kappa shape index (κ1) is 18.0. The fraction of sp³-hybridized carbons (Fsp3) is 0.400. The summed E-state index contributed by atoms with van der Waals surface area (Å²) in [5.74, 6) is 2.42. The molecule has 0 radical (unpaired) electrons. The minimum atomic E-state index is -1.20. The summed E-state index contributed by atoms with van der Waals surface area (Å²) in [5, 5.41) is 12.3. The molecule has 1 rings (SSSR count). The summed E-state index contributed by atoms with van der Waals surface area (Å²) in [6.45, 7) is 0. The van der Waals surface area contributed by atoms with E-state index in [4.69, 9.17) is 31.3 Å². The highest BCUT2D eigenvalue weighted by Gasteiger charge is 2.21. The number of carbonyl (C=O) groups is 1. The summed E-state index contributed by atoms with van der Waals surface area (Å²) >= 11 is 0. The number of ether oxygens (including phenoxy) is 3. The molecule has 0 saturated heterocycles. The number of hydrogen-bond donors (Lipinski definition) is 1. The fourth-order valence-electron chi connectivity index (χ4n) is 2.15. The predicted molar refractivity (Wildman–Crippen MR) is 82.9 cm³/mol. The topological polar surface area (TPSA) is 114 Å². The second-order valence-electron chi connectivity index (χ2n) is 4.42. The molecule has 8 heteroatoms. The summed E-state index contributed by atoms with van der Waals surface area (Å²) in [6.07, 6.45) is 5.90. The van der Waals surface area contributed by atoms with E-state index in [-0.39, 0.29) is 12.8 Å². The van der Waals surface area contributed by atoms with Crippen LogP contribution in [-0.2, 0) is 11.2 Å². The van der Waals surface area contributed by atoms with Gasteiger partial charge < -0.3 is 19.3 Å². The van der Waals surface area contributed by atoms with Gasteiger partial charge in [0.2, 0.25) is 5.75 Å². The highest BCUT2D eigenvalue weighted by Crippen LogP contribution is 2.42. The maximum atomic E-state index is 11.0. The SMILES string of the molecule is C#Cc1c(CCC(N=[N+]=[N-])C(=O)O)cc(OC)c(OC)c1OC. The minimum absolute atomic E-state index is 0.0900. The molecule has 0 aliphatic heterocycles. The van der Waals surface area contributed by atoms with Crippen LogP contribution < -0.4 is 14.2 Å². The minimum Gasteiger partial charge on any atom is -0.493 e. The monoisotopic (exact) mass is 319 g/mol. The summed E-state index contributed by atoms with van der Waals surface area (Å²) < 4.78 is 15.8. The molecule has 0 spiro atoms. The van der Waals surface area contributed by atoms with Crippen LogP contribution in [0.5, 0.6) is 17.2 Å². The first-order valence-electron chi connectivity index (χ1n) is 6.59. The van der Waals surface area contributed by atoms with E-state index in [0.29, 0.717) is 28.4 Å². The number of nitrogens with zero attached hydrogens (tertiary/aromatic N) is 3. The Balaban J connectivity index is 3.28. The highest BCUT2D eigenvalue weighted by atomic mass is 16.5. The zero-order valence-electron chi connectivity index (χ0n) is 13.1. The number of terminal acetylenes is 1. The number of azide groups is 1. The van der Waals surface area contributed by atoms with Gasteiger partial charge in [0.25, 0.3) is 0 Å². The Morgan fingerprint density at radius 1 is 1.39 bits per heavy atom. The van der Waals surface area contributed by atoms with Gasteiger partial charge in [0, 0.05) is 4.91 Å². The van der Waals surface area contributed by atoms with Crippen LogP contribution in [0.4, 0.5) is 0 Å². The Hall–Kier alpha value is -3.04. The second kappa shape index (κ2) is 8.41. The van der Waals surface area contributed by atoms with Gasteiger partial charge in [-0.25, -0.2) is 0 Å². The number of hydrogen-bond acceptors (Lipinski definition) is 5. The highest BCUT2D eigenvalue weighted by molar-refractivity contribution is 5.73. The smallest absolute Gasteiger partial charge is 0.312 e. The lowest BCUT2D eigenvalue weighted by molar-refractivity contribution is -0.138. The van der Waals surface area contributed by atoms with Crippen LogP contribution in [0.2, 0.25) is 0 Å². The molecule has 0 aliphatic carbocycles. The lowest BCUT2D eigenvalue weighted by Gasteiger charge is -2.17. The van der Waals surface area contributed by atoms with E-state index in [1.165, 1.54) is 21.3 Å². The Labute approximate surface area is 133 Å². The van der Waals surface area contributed by atoms with Crippen LogP contribution in [0.25, 0.3) is 10.4 Å². The van der Waals surface area contributed by atoms with Crippen molar-refractivity contribution >= 4 is 5.97 Å². The molecule has 1 aromatic rings. The summed E-state index contributed by atoms with van der Waals surface area (Å²) in [4.78, 5) is 13.6. The number of carboxylic acids is 1. The van der Waals surface area contributed by atoms with Gasteiger partial charge in [0.15, 0.2) is 11.5 Å². The molecule has 0 amide bonds. The van der Waals surface area contributed by atoms with Crippen molar-refractivity contribution in [3.63, 3.8) is 0 Å². The number of benzene rings is 1. The molecule has 8 nitrogen and oxygen atoms in total. The van der Waals surface area contributed by atoms with Crippen molar-refractivity contribution in [3.8, 4) is 29.6 Å². The molecule has 0 aliphatic rings. The lowest BCUT2D eigenvalue weighted by Crippen LogP contribution is -2.18. The van der Waals surface area contributed by atoms with Crippen molar-refractivity contribution in [2.75, 3.05) is 21.3 Å². The van der Waals surface area contributed by atoms with Gasteiger partial charge in [-0.15, -0.1) is 6.42 Å². The quantitative estimate of drug-likeness (QED) is 0.342. The Morgan fingerprint density at radius 2 is 2.04 bits per heavy atom. The van der Waals surface area contributed by atoms with Gasteiger partial charge >= 0.3 is 5.97 Å². The molecule has 1 unspecified atom stereocenters. The largest absolute Gasteiger partial charge is 0.493 e. The normalized spacial score (nSPS) is 10.9. The van der Waals surface area contributed by atoms with Gasteiger partial charge in [-0.2, -0.15) is 0 Å². The standard InChI is InChI=1S/C15H17N3O5/c1-5-10-9(6-7-11(15(19)20)17-18-16)8-12(21-2)14(23-4)13(10)22-3/h1,8,11H,6-7H2,2-4H3,(H,19,20). The van der Waals surface area contributed by atoms with E-state index in [1.807, 2.05) is 0 Å². The zero-order valence-corrected chi connectivity index (χ0v) is 13.1. The van der Waals surface area contributed by atoms with Crippen LogP contribution in [-0.4, -0.2) is 38.4 Å². The van der Waals surface area contributed by atoms with Crippen molar-refractivity contribution in [1.82, 2.24) is 0 Å². The first-order valence-corrected chi connectivity index (χ1v) is 6.59. The maximum absolute atomic E-state index is 11.0. The molecule has 1 atom stereocenters.